The van der Waals surface area contributed by atoms with Crippen molar-refractivity contribution in [3.63, 3.8) is 0 Å². The second kappa shape index (κ2) is 5.42. The molecule has 4 heteroatoms. The van der Waals surface area contributed by atoms with E-state index in [1.807, 2.05) is 11.9 Å². The highest BCUT2D eigenvalue weighted by atomic mass is 32.1. The van der Waals surface area contributed by atoms with Crippen LogP contribution in [0.25, 0.3) is 0 Å². The van der Waals surface area contributed by atoms with Gasteiger partial charge in [-0.1, -0.05) is 12.8 Å². The van der Waals surface area contributed by atoms with Crippen LogP contribution in [0, 0.1) is 11.3 Å². The molecule has 0 spiro atoms. The van der Waals surface area contributed by atoms with E-state index < -0.39 is 0 Å². The molecule has 0 bridgehead atoms. The highest BCUT2D eigenvalue weighted by molar-refractivity contribution is 7.09. The predicted molar refractivity (Wildman–Crippen MR) is 65.3 cm³/mol. The van der Waals surface area contributed by atoms with Crippen LogP contribution < -0.4 is 0 Å². The van der Waals surface area contributed by atoms with E-state index in [2.05, 4.69) is 16.4 Å². The Morgan fingerprint density at radius 3 is 3.00 bits per heavy atom. The second-order valence-corrected chi connectivity index (χ2v) is 5.38. The van der Waals surface area contributed by atoms with Gasteiger partial charge in [-0.15, -0.1) is 11.3 Å². The topological polar surface area (TPSA) is 39.9 Å². The Kier molecular flexibility index (Phi) is 3.92. The molecule has 1 heterocycles. The standard InChI is InChI=1S/C12H17N3S/c1-15(7-6-13)8-11-9-16-12(14-11)10-4-2-3-5-10/h9-10H,2-5,7-8H2,1H3. The number of thiazole rings is 1. The van der Waals surface area contributed by atoms with Crippen molar-refractivity contribution in [3.05, 3.63) is 16.1 Å². The summed E-state index contributed by atoms with van der Waals surface area (Å²) in [6, 6.07) is 2.15. The smallest absolute Gasteiger partial charge is 0.0959 e. The Labute approximate surface area is 101 Å². The molecule has 0 radical (unpaired) electrons. The van der Waals surface area contributed by atoms with Crippen LogP contribution >= 0.6 is 11.3 Å². The Morgan fingerprint density at radius 1 is 1.56 bits per heavy atom. The van der Waals surface area contributed by atoms with E-state index in [9.17, 15) is 0 Å². The highest BCUT2D eigenvalue weighted by Crippen LogP contribution is 2.35. The van der Waals surface area contributed by atoms with Gasteiger partial charge in [0.05, 0.1) is 23.3 Å². The van der Waals surface area contributed by atoms with Crippen molar-refractivity contribution < 1.29 is 0 Å². The first-order chi connectivity index (χ1) is 7.79. The molecule has 1 saturated carbocycles. The average Bonchev–Trinajstić information content (AvgIpc) is 2.86. The van der Waals surface area contributed by atoms with Gasteiger partial charge in [0.1, 0.15) is 0 Å². The van der Waals surface area contributed by atoms with Gasteiger partial charge in [0.2, 0.25) is 0 Å². The van der Waals surface area contributed by atoms with E-state index >= 15 is 0 Å². The quantitative estimate of drug-likeness (QED) is 0.753. The lowest BCUT2D eigenvalue weighted by molar-refractivity contribution is 0.363. The molecule has 1 fully saturated rings. The Bertz CT molecular complexity index is 374. The fourth-order valence-electron chi connectivity index (χ4n) is 2.21. The van der Waals surface area contributed by atoms with Crippen molar-refractivity contribution in [2.75, 3.05) is 13.6 Å². The van der Waals surface area contributed by atoms with Crippen molar-refractivity contribution >= 4 is 11.3 Å². The maximum Gasteiger partial charge on any atom is 0.0959 e. The summed E-state index contributed by atoms with van der Waals surface area (Å²) in [6.45, 7) is 1.26. The van der Waals surface area contributed by atoms with E-state index in [1.165, 1.54) is 30.7 Å². The molecule has 3 nitrogen and oxygen atoms in total. The van der Waals surface area contributed by atoms with Crippen LogP contribution in [0.3, 0.4) is 0 Å². The summed E-state index contributed by atoms with van der Waals surface area (Å²) in [7, 11) is 1.96. The van der Waals surface area contributed by atoms with Crippen molar-refractivity contribution in [2.24, 2.45) is 0 Å². The minimum absolute atomic E-state index is 0.469. The Morgan fingerprint density at radius 2 is 2.31 bits per heavy atom. The summed E-state index contributed by atoms with van der Waals surface area (Å²) in [5, 5.41) is 12.0. The third-order valence-electron chi connectivity index (χ3n) is 3.05. The third kappa shape index (κ3) is 2.81. The van der Waals surface area contributed by atoms with Crippen molar-refractivity contribution in [3.8, 4) is 6.07 Å². The second-order valence-electron chi connectivity index (χ2n) is 4.49. The average molecular weight is 235 g/mol. The molecule has 0 unspecified atom stereocenters. The molecule has 16 heavy (non-hydrogen) atoms. The molecule has 1 aromatic rings. The van der Waals surface area contributed by atoms with Gasteiger partial charge in [-0.2, -0.15) is 5.26 Å². The maximum atomic E-state index is 8.58. The number of rotatable bonds is 4. The molecule has 0 atom stereocenters. The van der Waals surface area contributed by atoms with Gasteiger partial charge in [0.25, 0.3) is 0 Å². The summed E-state index contributed by atoms with van der Waals surface area (Å²) in [5.74, 6) is 0.708. The fraction of sp³-hybridized carbons (Fsp3) is 0.667. The van der Waals surface area contributed by atoms with Crippen LogP contribution in [-0.2, 0) is 6.54 Å². The van der Waals surface area contributed by atoms with Gasteiger partial charge in [-0.3, -0.25) is 4.90 Å². The Hall–Kier alpha value is -0.920. The molecule has 0 saturated heterocycles. The summed E-state index contributed by atoms with van der Waals surface area (Å²) < 4.78 is 0. The first-order valence-corrected chi connectivity index (χ1v) is 6.67. The number of hydrogen-bond donors (Lipinski definition) is 0. The normalized spacial score (nSPS) is 16.8. The zero-order chi connectivity index (χ0) is 11.4. The zero-order valence-electron chi connectivity index (χ0n) is 9.65. The summed E-state index contributed by atoms with van der Waals surface area (Å²) in [5.41, 5.74) is 1.12. The number of nitriles is 1. The van der Waals surface area contributed by atoms with Crippen LogP contribution in [0.4, 0.5) is 0 Å². The highest BCUT2D eigenvalue weighted by Gasteiger charge is 2.20. The molecule has 0 amide bonds. The van der Waals surface area contributed by atoms with Crippen molar-refractivity contribution in [1.82, 2.24) is 9.88 Å². The zero-order valence-corrected chi connectivity index (χ0v) is 10.5. The molecule has 0 aromatic carbocycles. The summed E-state index contributed by atoms with van der Waals surface area (Å²) in [6.07, 6.45) is 5.32. The summed E-state index contributed by atoms with van der Waals surface area (Å²) >= 11 is 1.79. The van der Waals surface area contributed by atoms with Gasteiger partial charge >= 0.3 is 0 Å². The van der Waals surface area contributed by atoms with Gasteiger partial charge in [-0.25, -0.2) is 4.98 Å². The fourth-order valence-corrected chi connectivity index (χ4v) is 3.19. The molecule has 0 aliphatic heterocycles. The van der Waals surface area contributed by atoms with Crippen LogP contribution in [0.2, 0.25) is 0 Å². The molecule has 1 aliphatic rings. The van der Waals surface area contributed by atoms with Crippen LogP contribution in [0.5, 0.6) is 0 Å². The molecular formula is C12H17N3S. The van der Waals surface area contributed by atoms with Gasteiger partial charge in [0, 0.05) is 17.8 Å². The van der Waals surface area contributed by atoms with E-state index in [1.54, 1.807) is 11.3 Å². The third-order valence-corrected chi connectivity index (χ3v) is 4.10. The first-order valence-electron chi connectivity index (χ1n) is 5.79. The molecule has 86 valence electrons. The monoisotopic (exact) mass is 235 g/mol. The van der Waals surface area contributed by atoms with E-state index in [4.69, 9.17) is 5.26 Å². The number of nitrogens with zero attached hydrogens (tertiary/aromatic N) is 3. The van der Waals surface area contributed by atoms with Crippen molar-refractivity contribution in [2.45, 2.75) is 38.1 Å². The van der Waals surface area contributed by atoms with E-state index in [0.29, 0.717) is 12.5 Å². The van der Waals surface area contributed by atoms with Crippen LogP contribution in [0.1, 0.15) is 42.3 Å². The SMILES string of the molecule is CN(CC#N)Cc1csc(C2CCCC2)n1. The van der Waals surface area contributed by atoms with Gasteiger partial charge in [-0.05, 0) is 19.9 Å². The van der Waals surface area contributed by atoms with Crippen LogP contribution in [0.15, 0.2) is 5.38 Å². The lowest BCUT2D eigenvalue weighted by Crippen LogP contribution is -2.18. The maximum absolute atomic E-state index is 8.58. The molecular weight excluding hydrogens is 218 g/mol. The van der Waals surface area contributed by atoms with Gasteiger partial charge in [0.15, 0.2) is 0 Å². The van der Waals surface area contributed by atoms with E-state index in [-0.39, 0.29) is 0 Å². The van der Waals surface area contributed by atoms with Gasteiger partial charge < -0.3 is 0 Å². The minimum atomic E-state index is 0.469. The lowest BCUT2D eigenvalue weighted by Gasteiger charge is -2.09. The molecule has 1 aromatic heterocycles. The largest absolute Gasteiger partial charge is 0.288 e. The number of aromatic nitrogens is 1. The molecule has 2 rings (SSSR count). The Balaban J connectivity index is 1.94. The van der Waals surface area contributed by atoms with Crippen LogP contribution in [-0.4, -0.2) is 23.5 Å². The molecule has 1 aliphatic carbocycles. The minimum Gasteiger partial charge on any atom is -0.288 e. The predicted octanol–water partition coefficient (Wildman–Crippen LogP) is 2.76. The first kappa shape index (κ1) is 11.6. The lowest BCUT2D eigenvalue weighted by atomic mass is 10.1. The molecule has 0 N–H and O–H groups in total. The van der Waals surface area contributed by atoms with E-state index in [0.717, 1.165) is 12.2 Å². The summed E-state index contributed by atoms with van der Waals surface area (Å²) in [4.78, 5) is 6.68. The number of hydrogen-bond acceptors (Lipinski definition) is 4. The van der Waals surface area contributed by atoms with Crippen molar-refractivity contribution in [1.29, 1.82) is 5.26 Å².